The first kappa shape index (κ1) is 19.1. The summed E-state index contributed by atoms with van der Waals surface area (Å²) in [6.45, 7) is 3.38. The second-order valence-corrected chi connectivity index (χ2v) is 7.34. The molecule has 7 heteroatoms. The molecule has 0 spiro atoms. The second-order valence-electron chi connectivity index (χ2n) is 6.93. The Labute approximate surface area is 160 Å². The first-order valence-electron chi connectivity index (χ1n) is 9.34. The van der Waals surface area contributed by atoms with Gasteiger partial charge in [0.2, 0.25) is 0 Å². The van der Waals surface area contributed by atoms with Crippen molar-refractivity contribution in [2.75, 3.05) is 45.7 Å². The number of ether oxygens (including phenoxy) is 2. The van der Waals surface area contributed by atoms with Crippen LogP contribution >= 0.6 is 11.6 Å². The van der Waals surface area contributed by atoms with Crippen molar-refractivity contribution in [3.63, 3.8) is 0 Å². The zero-order valence-corrected chi connectivity index (χ0v) is 16.3. The molecule has 1 aliphatic heterocycles. The van der Waals surface area contributed by atoms with E-state index >= 15 is 0 Å². The molecule has 1 aromatic carbocycles. The molecule has 0 aromatic heterocycles. The zero-order valence-electron chi connectivity index (χ0n) is 15.6. The fourth-order valence-corrected chi connectivity index (χ4v) is 4.12. The number of hydrogen-bond donors (Lipinski definition) is 1. The van der Waals surface area contributed by atoms with Crippen LogP contribution in [0.3, 0.4) is 0 Å². The van der Waals surface area contributed by atoms with E-state index in [1.807, 2.05) is 4.90 Å². The van der Waals surface area contributed by atoms with Gasteiger partial charge in [-0.05, 0) is 12.8 Å². The maximum Gasteiger partial charge on any atom is 0.322 e. The van der Waals surface area contributed by atoms with Crippen LogP contribution in [0.25, 0.3) is 0 Å². The summed E-state index contributed by atoms with van der Waals surface area (Å²) in [5, 5.41) is 3.38. The highest BCUT2D eigenvalue weighted by molar-refractivity contribution is 6.32. The number of rotatable bonds is 4. The minimum atomic E-state index is -0.115. The lowest BCUT2D eigenvalue weighted by atomic mass is 9.94. The standard InChI is InChI=1S/C19H28ClN3O3/c1-25-17-13-16(18(26-2)12-15(17)20)21-19(24)23-10-8-22(9-11-23)14-6-4-3-5-7-14/h12-14H,3-11H2,1-2H3,(H,21,24). The molecule has 0 radical (unpaired) electrons. The molecule has 1 aromatic rings. The average molecular weight is 382 g/mol. The largest absolute Gasteiger partial charge is 0.495 e. The van der Waals surface area contributed by atoms with E-state index in [0.29, 0.717) is 28.3 Å². The van der Waals surface area contributed by atoms with Gasteiger partial charge in [0, 0.05) is 44.4 Å². The maximum absolute atomic E-state index is 12.7. The van der Waals surface area contributed by atoms with Crippen molar-refractivity contribution in [2.45, 2.75) is 38.1 Å². The molecule has 0 bridgehead atoms. The van der Waals surface area contributed by atoms with Gasteiger partial charge in [0.1, 0.15) is 11.5 Å². The van der Waals surface area contributed by atoms with Crippen molar-refractivity contribution < 1.29 is 14.3 Å². The Kier molecular flexibility index (Phi) is 6.48. The number of methoxy groups -OCH3 is 2. The van der Waals surface area contributed by atoms with E-state index in [2.05, 4.69) is 10.2 Å². The van der Waals surface area contributed by atoms with E-state index < -0.39 is 0 Å². The number of nitrogens with one attached hydrogen (secondary N) is 1. The van der Waals surface area contributed by atoms with E-state index in [4.69, 9.17) is 21.1 Å². The number of nitrogens with zero attached hydrogens (tertiary/aromatic N) is 2. The van der Waals surface area contributed by atoms with Crippen LogP contribution in [0.4, 0.5) is 10.5 Å². The lowest BCUT2D eigenvalue weighted by molar-refractivity contribution is 0.0943. The van der Waals surface area contributed by atoms with Crippen molar-refractivity contribution in [1.82, 2.24) is 9.80 Å². The molecule has 1 heterocycles. The molecule has 1 saturated heterocycles. The number of carbonyl (C=O) groups excluding carboxylic acids is 1. The fraction of sp³-hybridized carbons (Fsp3) is 0.632. The predicted octanol–water partition coefficient (Wildman–Crippen LogP) is 3.84. The number of urea groups is 1. The molecule has 0 unspecified atom stereocenters. The average Bonchev–Trinajstić information content (AvgIpc) is 2.69. The van der Waals surface area contributed by atoms with E-state index in [1.54, 1.807) is 26.4 Å². The smallest absolute Gasteiger partial charge is 0.322 e. The van der Waals surface area contributed by atoms with Crippen LogP contribution in [0.2, 0.25) is 5.02 Å². The van der Waals surface area contributed by atoms with Gasteiger partial charge in [-0.15, -0.1) is 0 Å². The second kappa shape index (κ2) is 8.82. The highest BCUT2D eigenvalue weighted by atomic mass is 35.5. The highest BCUT2D eigenvalue weighted by Crippen LogP contribution is 2.36. The van der Waals surface area contributed by atoms with Gasteiger partial charge in [0.25, 0.3) is 0 Å². The minimum absolute atomic E-state index is 0.115. The molecule has 144 valence electrons. The summed E-state index contributed by atoms with van der Waals surface area (Å²) in [4.78, 5) is 17.1. The van der Waals surface area contributed by atoms with Crippen LogP contribution in [0, 0.1) is 0 Å². The summed E-state index contributed by atoms with van der Waals surface area (Å²) in [5.41, 5.74) is 0.563. The number of carbonyl (C=O) groups is 1. The van der Waals surface area contributed by atoms with E-state index in [1.165, 1.54) is 32.1 Å². The quantitative estimate of drug-likeness (QED) is 0.860. The Balaban J connectivity index is 1.59. The molecule has 1 N–H and O–H groups in total. The topological polar surface area (TPSA) is 54.0 Å². The zero-order chi connectivity index (χ0) is 18.5. The first-order valence-corrected chi connectivity index (χ1v) is 9.71. The third-order valence-corrected chi connectivity index (χ3v) is 5.70. The first-order chi connectivity index (χ1) is 12.6. The lowest BCUT2D eigenvalue weighted by Crippen LogP contribution is -2.53. The molecule has 6 nitrogen and oxygen atoms in total. The van der Waals surface area contributed by atoms with Gasteiger partial charge in [0.05, 0.1) is 24.9 Å². The van der Waals surface area contributed by atoms with Crippen LogP contribution < -0.4 is 14.8 Å². The van der Waals surface area contributed by atoms with Gasteiger partial charge in [-0.25, -0.2) is 4.79 Å². The third kappa shape index (κ3) is 4.35. The van der Waals surface area contributed by atoms with Gasteiger partial charge in [-0.2, -0.15) is 0 Å². The summed E-state index contributed by atoms with van der Waals surface area (Å²) in [6.07, 6.45) is 6.64. The van der Waals surface area contributed by atoms with Crippen molar-refractivity contribution in [2.24, 2.45) is 0 Å². The molecule has 0 atom stereocenters. The van der Waals surface area contributed by atoms with Gasteiger partial charge >= 0.3 is 6.03 Å². The van der Waals surface area contributed by atoms with Crippen LogP contribution in [-0.2, 0) is 0 Å². The summed E-state index contributed by atoms with van der Waals surface area (Å²) in [7, 11) is 3.10. The van der Waals surface area contributed by atoms with Crippen molar-refractivity contribution >= 4 is 23.3 Å². The predicted molar refractivity (Wildman–Crippen MR) is 104 cm³/mol. The summed E-state index contributed by atoms with van der Waals surface area (Å²) in [6, 6.07) is 3.93. The number of hydrogen-bond acceptors (Lipinski definition) is 4. The maximum atomic E-state index is 12.7. The van der Waals surface area contributed by atoms with Gasteiger partial charge in [-0.1, -0.05) is 30.9 Å². The molecule has 26 heavy (non-hydrogen) atoms. The van der Waals surface area contributed by atoms with Gasteiger partial charge in [0.15, 0.2) is 0 Å². The normalized spacial score (nSPS) is 19.3. The Morgan fingerprint density at radius 2 is 1.69 bits per heavy atom. The highest BCUT2D eigenvalue weighted by Gasteiger charge is 2.27. The molecule has 2 aliphatic rings. The number of benzene rings is 1. The van der Waals surface area contributed by atoms with Crippen LogP contribution in [-0.4, -0.2) is 62.3 Å². The Hall–Kier alpha value is -1.66. The van der Waals surface area contributed by atoms with Crippen molar-refractivity contribution in [3.05, 3.63) is 17.2 Å². The molecule has 2 amide bonds. The molecular weight excluding hydrogens is 354 g/mol. The van der Waals surface area contributed by atoms with Crippen LogP contribution in [0.1, 0.15) is 32.1 Å². The van der Waals surface area contributed by atoms with Gasteiger partial charge < -0.3 is 19.7 Å². The summed E-state index contributed by atoms with van der Waals surface area (Å²) < 4.78 is 10.6. The molecule has 2 fully saturated rings. The molecule has 1 saturated carbocycles. The third-order valence-electron chi connectivity index (χ3n) is 5.41. The molecule has 1 aliphatic carbocycles. The SMILES string of the molecule is COc1cc(NC(=O)N2CCN(C3CCCCC3)CC2)c(OC)cc1Cl. The monoisotopic (exact) mass is 381 g/mol. The molecule has 3 rings (SSSR count). The van der Waals surface area contributed by atoms with E-state index in [0.717, 1.165) is 26.2 Å². The summed E-state index contributed by atoms with van der Waals surface area (Å²) in [5.74, 6) is 1.02. The number of piperazine rings is 1. The number of amides is 2. The number of halogens is 1. The Bertz CT molecular complexity index is 627. The lowest BCUT2D eigenvalue weighted by Gasteiger charge is -2.40. The van der Waals surface area contributed by atoms with Crippen molar-refractivity contribution in [1.29, 1.82) is 0 Å². The molecular formula is C19H28ClN3O3. The summed E-state index contributed by atoms with van der Waals surface area (Å²) >= 11 is 6.12. The van der Waals surface area contributed by atoms with Crippen molar-refractivity contribution in [3.8, 4) is 11.5 Å². The Morgan fingerprint density at radius 3 is 2.31 bits per heavy atom. The van der Waals surface area contributed by atoms with Gasteiger partial charge in [-0.3, -0.25) is 4.90 Å². The van der Waals surface area contributed by atoms with E-state index in [-0.39, 0.29) is 6.03 Å². The van der Waals surface area contributed by atoms with Crippen LogP contribution in [0.15, 0.2) is 12.1 Å². The fourth-order valence-electron chi connectivity index (χ4n) is 3.89. The Morgan fingerprint density at radius 1 is 1.04 bits per heavy atom. The minimum Gasteiger partial charge on any atom is -0.495 e. The number of anilines is 1. The van der Waals surface area contributed by atoms with E-state index in [9.17, 15) is 4.79 Å². The van der Waals surface area contributed by atoms with Crippen LogP contribution in [0.5, 0.6) is 11.5 Å².